The Labute approximate surface area is 104 Å². The summed E-state index contributed by atoms with van der Waals surface area (Å²) in [5.41, 5.74) is -1.22. The monoisotopic (exact) mass is 252 g/mol. The quantitative estimate of drug-likeness (QED) is 0.752. The number of hydrogen-bond donors (Lipinski definition) is 2. The fourth-order valence-electron chi connectivity index (χ4n) is 2.16. The third-order valence-electron chi connectivity index (χ3n) is 3.39. The smallest absolute Gasteiger partial charge is 0.319 e. The van der Waals surface area contributed by atoms with Gasteiger partial charge in [-0.25, -0.2) is 4.98 Å². The number of H-pyrrole nitrogens is 1. The number of carboxylic acids is 1. The van der Waals surface area contributed by atoms with Crippen molar-refractivity contribution in [2.24, 2.45) is 5.41 Å². The van der Waals surface area contributed by atoms with Gasteiger partial charge in [-0.15, -0.1) is 0 Å². The number of nitrogens with zero attached hydrogens (tertiary/aromatic N) is 3. The van der Waals surface area contributed by atoms with Gasteiger partial charge in [-0.2, -0.15) is 5.10 Å². The topological polar surface area (TPSA) is 99.2 Å². The molecule has 18 heavy (non-hydrogen) atoms. The third-order valence-corrected chi connectivity index (χ3v) is 3.39. The minimum Gasteiger partial charge on any atom is -0.480 e. The number of carbonyl (C=O) groups is 2. The molecule has 2 rings (SSSR count). The van der Waals surface area contributed by atoms with E-state index in [-0.39, 0.29) is 12.5 Å². The highest BCUT2D eigenvalue weighted by Crippen LogP contribution is 2.42. The summed E-state index contributed by atoms with van der Waals surface area (Å²) < 4.78 is 0. The Balaban J connectivity index is 2.07. The molecule has 1 aliphatic carbocycles. The molecule has 98 valence electrons. The fourth-order valence-corrected chi connectivity index (χ4v) is 2.16. The first-order valence-corrected chi connectivity index (χ1v) is 5.82. The number of nitrogens with one attached hydrogen (secondary N) is 1. The molecule has 0 aliphatic heterocycles. The molecule has 0 aromatic carbocycles. The van der Waals surface area contributed by atoms with Crippen LogP contribution in [0.2, 0.25) is 0 Å². The number of aromatic nitrogens is 3. The van der Waals surface area contributed by atoms with Crippen molar-refractivity contribution in [2.75, 3.05) is 7.05 Å². The molecule has 7 nitrogen and oxygen atoms in total. The van der Waals surface area contributed by atoms with E-state index in [1.165, 1.54) is 4.90 Å². The molecule has 1 aliphatic rings. The van der Waals surface area contributed by atoms with E-state index in [4.69, 9.17) is 0 Å². The number of amides is 1. The van der Waals surface area contributed by atoms with Gasteiger partial charge in [-0.3, -0.25) is 14.7 Å². The highest BCUT2D eigenvalue weighted by Gasteiger charge is 2.52. The summed E-state index contributed by atoms with van der Waals surface area (Å²) in [6, 6.07) is 0. The molecule has 1 aromatic rings. The van der Waals surface area contributed by atoms with Gasteiger partial charge >= 0.3 is 5.97 Å². The lowest BCUT2D eigenvalue weighted by molar-refractivity contribution is -0.167. The van der Waals surface area contributed by atoms with Crippen molar-refractivity contribution >= 4 is 11.9 Å². The molecule has 1 amide bonds. The van der Waals surface area contributed by atoms with Gasteiger partial charge in [0.15, 0.2) is 5.82 Å². The zero-order chi connectivity index (χ0) is 13.3. The van der Waals surface area contributed by atoms with Crippen molar-refractivity contribution in [3.05, 3.63) is 11.6 Å². The first-order chi connectivity index (χ1) is 8.45. The lowest BCUT2D eigenvalue weighted by atomic mass is 9.68. The number of carbonyl (C=O) groups excluding carboxylic acids is 1. The highest BCUT2D eigenvalue weighted by atomic mass is 16.4. The van der Waals surface area contributed by atoms with Crippen LogP contribution in [0.25, 0.3) is 0 Å². The molecule has 1 heterocycles. The fraction of sp³-hybridized carbons (Fsp3) is 0.636. The van der Waals surface area contributed by atoms with Crippen molar-refractivity contribution < 1.29 is 14.7 Å². The van der Waals surface area contributed by atoms with Crippen LogP contribution in [0.5, 0.6) is 0 Å². The molecule has 0 unspecified atom stereocenters. The number of hydrogen-bond acceptors (Lipinski definition) is 4. The average Bonchev–Trinajstić information content (AvgIpc) is 2.61. The van der Waals surface area contributed by atoms with Gasteiger partial charge < -0.3 is 10.0 Å². The van der Waals surface area contributed by atoms with Crippen molar-refractivity contribution in [2.45, 2.75) is 32.7 Å². The Morgan fingerprint density at radius 2 is 2.17 bits per heavy atom. The number of aromatic amines is 1. The van der Waals surface area contributed by atoms with Crippen LogP contribution in [-0.4, -0.2) is 44.1 Å². The first kappa shape index (κ1) is 12.5. The molecule has 0 atom stereocenters. The van der Waals surface area contributed by atoms with Crippen LogP contribution < -0.4 is 0 Å². The molecule has 0 bridgehead atoms. The maximum Gasteiger partial charge on any atom is 0.319 e. The number of rotatable bonds is 4. The minimum atomic E-state index is -1.22. The van der Waals surface area contributed by atoms with Crippen LogP contribution in [0.1, 0.15) is 30.9 Å². The summed E-state index contributed by atoms with van der Waals surface area (Å²) >= 11 is 0. The summed E-state index contributed by atoms with van der Waals surface area (Å²) in [6.45, 7) is 1.99. The molecule has 1 aromatic heterocycles. The summed E-state index contributed by atoms with van der Waals surface area (Å²) in [5.74, 6) is -0.230. The maximum absolute atomic E-state index is 12.2. The Morgan fingerprint density at radius 1 is 1.50 bits per heavy atom. The largest absolute Gasteiger partial charge is 0.480 e. The molecule has 0 radical (unpaired) electrons. The second-order valence-corrected chi connectivity index (χ2v) is 4.74. The van der Waals surface area contributed by atoms with Gasteiger partial charge in [0.25, 0.3) is 0 Å². The second kappa shape index (κ2) is 4.40. The lowest BCUT2D eigenvalue weighted by Gasteiger charge is -2.38. The Morgan fingerprint density at radius 3 is 2.56 bits per heavy atom. The van der Waals surface area contributed by atoms with Gasteiger partial charge in [0.1, 0.15) is 11.2 Å². The van der Waals surface area contributed by atoms with Crippen molar-refractivity contribution in [1.82, 2.24) is 20.1 Å². The van der Waals surface area contributed by atoms with E-state index in [0.29, 0.717) is 24.5 Å². The van der Waals surface area contributed by atoms with Gasteiger partial charge in [0.2, 0.25) is 5.91 Å². The van der Waals surface area contributed by atoms with Crippen LogP contribution in [0, 0.1) is 12.3 Å². The number of carboxylic acid groups (broad SMARTS) is 1. The minimum absolute atomic E-state index is 0.220. The van der Waals surface area contributed by atoms with Gasteiger partial charge in [0, 0.05) is 7.05 Å². The summed E-state index contributed by atoms with van der Waals surface area (Å²) in [5, 5.41) is 15.8. The predicted molar refractivity (Wildman–Crippen MR) is 61.5 cm³/mol. The van der Waals surface area contributed by atoms with Crippen molar-refractivity contribution in [1.29, 1.82) is 0 Å². The maximum atomic E-state index is 12.2. The molecular weight excluding hydrogens is 236 g/mol. The predicted octanol–water partition coefficient (Wildman–Crippen LogP) is 0.326. The van der Waals surface area contributed by atoms with Gasteiger partial charge in [0.05, 0.1) is 6.54 Å². The Bertz CT molecular complexity index is 478. The molecule has 1 fully saturated rings. The van der Waals surface area contributed by atoms with E-state index < -0.39 is 11.4 Å². The molecule has 1 saturated carbocycles. The molecule has 7 heteroatoms. The Hall–Kier alpha value is -1.92. The number of aryl methyl sites for hydroxylation is 1. The van der Waals surface area contributed by atoms with E-state index in [1.54, 1.807) is 14.0 Å². The zero-order valence-electron chi connectivity index (χ0n) is 10.4. The summed E-state index contributed by atoms with van der Waals surface area (Å²) in [4.78, 5) is 28.9. The van der Waals surface area contributed by atoms with E-state index in [2.05, 4.69) is 15.2 Å². The average molecular weight is 252 g/mol. The first-order valence-electron chi connectivity index (χ1n) is 5.82. The summed E-state index contributed by atoms with van der Waals surface area (Å²) in [7, 11) is 1.58. The van der Waals surface area contributed by atoms with E-state index >= 15 is 0 Å². The van der Waals surface area contributed by atoms with Crippen molar-refractivity contribution in [3.63, 3.8) is 0 Å². The standard InChI is InChI=1S/C11H16N4O3/c1-7-12-8(14-13-7)6-15(2)9(16)11(10(17)18)4-3-5-11/h3-6H2,1-2H3,(H,17,18)(H,12,13,14). The van der Waals surface area contributed by atoms with Crippen LogP contribution in [0.15, 0.2) is 0 Å². The molecule has 0 spiro atoms. The third kappa shape index (κ3) is 1.96. The normalized spacial score (nSPS) is 17.0. The lowest BCUT2D eigenvalue weighted by Crippen LogP contribution is -2.51. The van der Waals surface area contributed by atoms with Gasteiger partial charge in [-0.1, -0.05) is 6.42 Å². The molecule has 0 saturated heterocycles. The SMILES string of the molecule is Cc1nc(CN(C)C(=O)C2(C(=O)O)CCC2)n[nH]1. The van der Waals surface area contributed by atoms with Crippen LogP contribution in [-0.2, 0) is 16.1 Å². The van der Waals surface area contributed by atoms with Crippen LogP contribution in [0.4, 0.5) is 0 Å². The number of aliphatic carboxylic acids is 1. The van der Waals surface area contributed by atoms with E-state index in [9.17, 15) is 14.7 Å². The van der Waals surface area contributed by atoms with Gasteiger partial charge in [-0.05, 0) is 19.8 Å². The van der Waals surface area contributed by atoms with Crippen LogP contribution >= 0.6 is 0 Å². The van der Waals surface area contributed by atoms with E-state index in [1.807, 2.05) is 0 Å². The Kier molecular flexibility index (Phi) is 3.06. The summed E-state index contributed by atoms with van der Waals surface area (Å²) in [6.07, 6.45) is 1.61. The van der Waals surface area contributed by atoms with Crippen LogP contribution in [0.3, 0.4) is 0 Å². The zero-order valence-corrected chi connectivity index (χ0v) is 10.4. The van der Waals surface area contributed by atoms with Crippen molar-refractivity contribution in [3.8, 4) is 0 Å². The second-order valence-electron chi connectivity index (χ2n) is 4.74. The van der Waals surface area contributed by atoms with E-state index in [0.717, 1.165) is 6.42 Å². The molecule has 2 N–H and O–H groups in total. The molecular formula is C11H16N4O3. The highest BCUT2D eigenvalue weighted by molar-refractivity contribution is 6.02.